The lowest BCUT2D eigenvalue weighted by molar-refractivity contribution is 0.307. The van der Waals surface area contributed by atoms with Gasteiger partial charge >= 0.3 is 0 Å². The minimum Gasteiger partial charge on any atom is -0.353 e. The molecule has 0 radical (unpaired) electrons. The SMILES string of the molecule is CC1(C)CCC(C(=N)c2cc3sc(CNC4CCCCC4)cc3[nH]2)C(=N)C1. The first-order valence-electron chi connectivity index (χ1n) is 10.4. The maximum Gasteiger partial charge on any atom is 0.0635 e. The maximum absolute atomic E-state index is 8.64. The number of hydrogen-bond donors (Lipinski definition) is 4. The minimum atomic E-state index is -0.0155. The predicted molar refractivity (Wildman–Crippen MR) is 116 cm³/mol. The van der Waals surface area contributed by atoms with Gasteiger partial charge in [-0.3, -0.25) is 0 Å². The molecule has 0 amide bonds. The number of aromatic amines is 1. The summed E-state index contributed by atoms with van der Waals surface area (Å²) in [5.41, 5.74) is 3.58. The van der Waals surface area contributed by atoms with Crippen LogP contribution in [0.1, 0.15) is 75.8 Å². The van der Waals surface area contributed by atoms with Crippen LogP contribution in [0.3, 0.4) is 0 Å². The summed E-state index contributed by atoms with van der Waals surface area (Å²) >= 11 is 1.83. The fourth-order valence-electron chi connectivity index (χ4n) is 4.70. The van der Waals surface area contributed by atoms with Crippen molar-refractivity contribution in [1.29, 1.82) is 10.8 Å². The summed E-state index contributed by atoms with van der Waals surface area (Å²) in [6, 6.07) is 5.05. The Morgan fingerprint density at radius 3 is 2.70 bits per heavy atom. The summed E-state index contributed by atoms with van der Waals surface area (Å²) in [5.74, 6) is -0.0155. The lowest BCUT2D eigenvalue weighted by Gasteiger charge is -2.35. The molecule has 5 heteroatoms. The quantitative estimate of drug-likeness (QED) is 0.478. The Kier molecular flexibility index (Phi) is 5.26. The van der Waals surface area contributed by atoms with Crippen molar-refractivity contribution in [3.05, 3.63) is 22.7 Å². The summed E-state index contributed by atoms with van der Waals surface area (Å²) in [7, 11) is 0. The van der Waals surface area contributed by atoms with E-state index in [9.17, 15) is 0 Å². The third-order valence-corrected chi connectivity index (χ3v) is 7.45. The molecule has 146 valence electrons. The Hall–Kier alpha value is -1.46. The largest absolute Gasteiger partial charge is 0.353 e. The van der Waals surface area contributed by atoms with Gasteiger partial charge in [0.15, 0.2) is 0 Å². The third kappa shape index (κ3) is 4.19. The maximum atomic E-state index is 8.64. The average molecular weight is 385 g/mol. The van der Waals surface area contributed by atoms with Crippen LogP contribution in [0.2, 0.25) is 0 Å². The topological polar surface area (TPSA) is 75.5 Å². The van der Waals surface area contributed by atoms with Crippen LogP contribution >= 0.6 is 11.3 Å². The van der Waals surface area contributed by atoms with E-state index in [1.807, 2.05) is 11.3 Å². The second kappa shape index (κ2) is 7.51. The number of hydrogen-bond acceptors (Lipinski definition) is 4. The van der Waals surface area contributed by atoms with Gasteiger partial charge in [-0.2, -0.15) is 0 Å². The van der Waals surface area contributed by atoms with E-state index < -0.39 is 0 Å². The van der Waals surface area contributed by atoms with Crippen molar-refractivity contribution in [2.75, 3.05) is 0 Å². The summed E-state index contributed by atoms with van der Waals surface area (Å²) in [4.78, 5) is 4.82. The van der Waals surface area contributed by atoms with Gasteiger partial charge < -0.3 is 21.1 Å². The van der Waals surface area contributed by atoms with Crippen molar-refractivity contribution < 1.29 is 0 Å². The molecule has 2 fully saturated rings. The van der Waals surface area contributed by atoms with Gasteiger partial charge in [0.25, 0.3) is 0 Å². The van der Waals surface area contributed by atoms with Crippen molar-refractivity contribution in [2.24, 2.45) is 11.3 Å². The molecule has 0 spiro atoms. The van der Waals surface area contributed by atoms with Gasteiger partial charge in [-0.25, -0.2) is 0 Å². The number of thiophene rings is 1. The van der Waals surface area contributed by atoms with E-state index in [0.717, 1.165) is 42.7 Å². The zero-order valence-electron chi connectivity index (χ0n) is 16.6. The highest BCUT2D eigenvalue weighted by atomic mass is 32.1. The highest BCUT2D eigenvalue weighted by Crippen LogP contribution is 2.37. The Bertz CT molecular complexity index is 806. The molecule has 2 saturated carbocycles. The number of H-pyrrole nitrogens is 1. The van der Waals surface area contributed by atoms with Crippen LogP contribution in [0.25, 0.3) is 10.2 Å². The molecular weight excluding hydrogens is 352 g/mol. The van der Waals surface area contributed by atoms with Gasteiger partial charge in [-0.1, -0.05) is 33.1 Å². The molecule has 0 saturated heterocycles. The van der Waals surface area contributed by atoms with Gasteiger partial charge in [0.05, 0.1) is 21.6 Å². The third-order valence-electron chi connectivity index (χ3n) is 6.36. The predicted octanol–water partition coefficient (Wildman–Crippen LogP) is 5.87. The normalized spacial score (nSPS) is 23.8. The minimum absolute atomic E-state index is 0.0155. The molecule has 4 nitrogen and oxygen atoms in total. The fraction of sp³-hybridized carbons (Fsp3) is 0.636. The van der Waals surface area contributed by atoms with Crippen LogP contribution < -0.4 is 5.32 Å². The Balaban J connectivity index is 1.41. The first-order valence-corrected chi connectivity index (χ1v) is 11.2. The molecule has 0 aromatic carbocycles. The Morgan fingerprint density at radius 2 is 2.00 bits per heavy atom. The molecule has 2 heterocycles. The van der Waals surface area contributed by atoms with Gasteiger partial charge in [0.2, 0.25) is 0 Å². The first kappa shape index (κ1) is 18.9. The molecule has 2 aromatic rings. The second-order valence-corrected chi connectivity index (χ2v) is 10.4. The fourth-order valence-corrected chi connectivity index (χ4v) is 5.71. The molecule has 4 N–H and O–H groups in total. The van der Waals surface area contributed by atoms with Gasteiger partial charge in [-0.15, -0.1) is 11.3 Å². The molecule has 2 aliphatic rings. The Labute approximate surface area is 166 Å². The molecular formula is C22H32N4S. The van der Waals surface area contributed by atoms with E-state index in [2.05, 4.69) is 36.3 Å². The van der Waals surface area contributed by atoms with E-state index in [1.54, 1.807) is 0 Å². The van der Waals surface area contributed by atoms with Crippen LogP contribution in [-0.2, 0) is 6.54 Å². The number of aromatic nitrogens is 1. The lowest BCUT2D eigenvalue weighted by atomic mass is 9.70. The monoisotopic (exact) mass is 384 g/mol. The zero-order valence-corrected chi connectivity index (χ0v) is 17.4. The van der Waals surface area contributed by atoms with E-state index in [-0.39, 0.29) is 11.3 Å². The summed E-state index contributed by atoms with van der Waals surface area (Å²) < 4.78 is 1.23. The van der Waals surface area contributed by atoms with E-state index >= 15 is 0 Å². The summed E-state index contributed by atoms with van der Waals surface area (Å²) in [5, 5.41) is 20.8. The van der Waals surface area contributed by atoms with Crippen molar-refractivity contribution in [3.8, 4) is 0 Å². The number of fused-ring (bicyclic) bond motifs is 1. The number of rotatable bonds is 5. The summed E-state index contributed by atoms with van der Waals surface area (Å²) in [6.45, 7) is 5.41. The second-order valence-electron chi connectivity index (χ2n) is 9.26. The highest BCUT2D eigenvalue weighted by molar-refractivity contribution is 7.19. The molecule has 0 bridgehead atoms. The van der Waals surface area contributed by atoms with Crippen LogP contribution in [0.15, 0.2) is 12.1 Å². The molecule has 2 aliphatic carbocycles. The molecule has 1 unspecified atom stereocenters. The standard InChI is InChI=1S/C22H32N4S/c1-22(2)9-8-16(17(23)12-22)21(24)19-11-20-18(26-19)10-15(27-20)13-25-14-6-4-3-5-7-14/h10-11,14,16,23-26H,3-9,12-13H2,1-2H3. The smallest absolute Gasteiger partial charge is 0.0635 e. The van der Waals surface area contributed by atoms with Crippen LogP contribution in [0.4, 0.5) is 0 Å². The average Bonchev–Trinajstić information content (AvgIpc) is 3.18. The van der Waals surface area contributed by atoms with Crippen molar-refractivity contribution in [1.82, 2.24) is 10.3 Å². The molecule has 1 atom stereocenters. The van der Waals surface area contributed by atoms with Crippen molar-refractivity contribution >= 4 is 33.0 Å². The molecule has 0 aliphatic heterocycles. The zero-order chi connectivity index (χ0) is 19.0. The van der Waals surface area contributed by atoms with Crippen LogP contribution in [0, 0.1) is 22.2 Å². The van der Waals surface area contributed by atoms with Gasteiger partial charge in [0.1, 0.15) is 0 Å². The molecule has 27 heavy (non-hydrogen) atoms. The van der Waals surface area contributed by atoms with E-state index in [1.165, 1.54) is 41.7 Å². The Morgan fingerprint density at radius 1 is 1.22 bits per heavy atom. The van der Waals surface area contributed by atoms with Crippen molar-refractivity contribution in [3.63, 3.8) is 0 Å². The molecule has 4 rings (SSSR count). The van der Waals surface area contributed by atoms with Crippen molar-refractivity contribution in [2.45, 2.75) is 77.8 Å². The lowest BCUT2D eigenvalue weighted by Crippen LogP contribution is -2.34. The number of nitrogens with one attached hydrogen (secondary N) is 4. The first-order chi connectivity index (χ1) is 12.9. The van der Waals surface area contributed by atoms with Gasteiger partial charge in [0, 0.05) is 29.1 Å². The van der Waals surface area contributed by atoms with E-state index in [0.29, 0.717) is 11.8 Å². The van der Waals surface area contributed by atoms with Crippen LogP contribution in [-0.4, -0.2) is 22.4 Å². The summed E-state index contributed by atoms with van der Waals surface area (Å²) in [6.07, 6.45) is 9.58. The van der Waals surface area contributed by atoms with E-state index in [4.69, 9.17) is 10.8 Å². The highest BCUT2D eigenvalue weighted by Gasteiger charge is 2.34. The molecule has 2 aromatic heterocycles. The van der Waals surface area contributed by atoms with Gasteiger partial charge in [-0.05, 0) is 49.7 Å². The van der Waals surface area contributed by atoms with Crippen LogP contribution in [0.5, 0.6) is 0 Å².